The molecule has 10 heteroatoms. The molecule has 0 radical (unpaired) electrons. The number of fused-ring (bicyclic) bond motifs is 1. The van der Waals surface area contributed by atoms with Crippen LogP contribution in [-0.4, -0.2) is 41.5 Å². The second kappa shape index (κ2) is 18.5. The Balaban J connectivity index is 1.50. The molecule has 3 aromatic carbocycles. The van der Waals surface area contributed by atoms with Crippen LogP contribution in [0.1, 0.15) is 136 Å². The fraction of sp³-hybridized carbons (Fsp3) is 0.500. The van der Waals surface area contributed by atoms with Gasteiger partial charge in [-0.15, -0.1) is 0 Å². The molecule has 0 spiro atoms. The van der Waals surface area contributed by atoms with Crippen molar-refractivity contribution in [3.05, 3.63) is 59.2 Å². The number of unbranched alkanes of at least 4 members (excludes halogenated alkanes) is 15. The number of ketones is 1. The number of hydrogen-bond donors (Lipinski definition) is 5. The first-order chi connectivity index (χ1) is 22.1. The number of hydrogen-bond acceptors (Lipinski definition) is 7. The molecule has 0 saturated heterocycles. The van der Waals surface area contributed by atoms with E-state index in [1.165, 1.54) is 108 Å². The average molecular weight is 655 g/mol. The predicted molar refractivity (Wildman–Crippen MR) is 185 cm³/mol. The van der Waals surface area contributed by atoms with Gasteiger partial charge in [-0.2, -0.15) is 8.42 Å². The lowest BCUT2D eigenvalue weighted by atomic mass is 9.96. The molecule has 3 aromatic rings. The van der Waals surface area contributed by atoms with Crippen LogP contribution < -0.4 is 11.1 Å². The highest BCUT2D eigenvalue weighted by atomic mass is 32.2. The van der Waals surface area contributed by atoms with Gasteiger partial charge < -0.3 is 21.3 Å². The van der Waals surface area contributed by atoms with Gasteiger partial charge in [0.25, 0.3) is 10.1 Å². The van der Waals surface area contributed by atoms with Crippen molar-refractivity contribution in [2.75, 3.05) is 17.6 Å². The molecule has 0 unspecified atom stereocenters. The van der Waals surface area contributed by atoms with E-state index in [-0.39, 0.29) is 39.0 Å². The molecule has 0 heterocycles. The van der Waals surface area contributed by atoms with Crippen molar-refractivity contribution < 1.29 is 32.8 Å². The number of aromatic hydroxyl groups is 1. The van der Waals surface area contributed by atoms with E-state index in [2.05, 4.69) is 12.2 Å². The number of carboxylic acids is 1. The maximum atomic E-state index is 13.5. The Bertz CT molecular complexity index is 1570. The summed E-state index contributed by atoms with van der Waals surface area (Å²) in [5.41, 5.74) is 5.46. The van der Waals surface area contributed by atoms with Gasteiger partial charge in [-0.05, 0) is 24.6 Å². The maximum absolute atomic E-state index is 13.5. The standard InChI is InChI=1S/C36H50N2O7S/c1-2-3-4-5-6-7-8-9-10-11-12-13-14-15-16-19-22-38-33-29(36(41)42)23-26(24-31(33)37)34(40)30-25-32(39)27-20-17-18-21-28(27)35(30)46(43,44)45/h17-18,20-21,23-25,38-39H,2-16,19,22,37H2,1H3,(H,41,42)(H,43,44,45). The zero-order valence-electron chi connectivity index (χ0n) is 27.0. The number of phenolic OH excluding ortho intramolecular Hbond substituents is 1. The van der Waals surface area contributed by atoms with Crippen molar-refractivity contribution in [2.24, 2.45) is 0 Å². The third-order valence-corrected chi connectivity index (χ3v) is 9.43. The number of carbonyl (C=O) groups excluding carboxylic acids is 1. The van der Waals surface area contributed by atoms with Gasteiger partial charge in [0.15, 0.2) is 5.78 Å². The second-order valence-corrected chi connectivity index (χ2v) is 13.5. The molecule has 0 aliphatic rings. The van der Waals surface area contributed by atoms with Gasteiger partial charge in [-0.1, -0.05) is 128 Å². The number of benzene rings is 3. The van der Waals surface area contributed by atoms with Crippen molar-refractivity contribution >= 4 is 44.0 Å². The van der Waals surface area contributed by atoms with Crippen LogP contribution in [0.2, 0.25) is 0 Å². The summed E-state index contributed by atoms with van der Waals surface area (Å²) in [4.78, 5) is 25.0. The molecule has 0 aromatic heterocycles. The number of nitrogen functional groups attached to an aromatic ring is 1. The van der Waals surface area contributed by atoms with Crippen molar-refractivity contribution in [3.8, 4) is 5.75 Å². The quantitative estimate of drug-likeness (QED) is 0.0307. The monoisotopic (exact) mass is 654 g/mol. The summed E-state index contributed by atoms with van der Waals surface area (Å²) in [6.07, 6.45) is 20.1. The molecule has 0 amide bonds. The molecular weight excluding hydrogens is 604 g/mol. The van der Waals surface area contributed by atoms with Crippen LogP contribution in [0.5, 0.6) is 5.75 Å². The largest absolute Gasteiger partial charge is 0.507 e. The topological polar surface area (TPSA) is 167 Å². The summed E-state index contributed by atoms with van der Waals surface area (Å²) in [7, 11) is -4.90. The summed E-state index contributed by atoms with van der Waals surface area (Å²) in [5.74, 6) is -2.59. The summed E-state index contributed by atoms with van der Waals surface area (Å²) in [5, 5.41) is 23.6. The highest BCUT2D eigenvalue weighted by Gasteiger charge is 2.28. The zero-order valence-corrected chi connectivity index (χ0v) is 27.8. The number of anilines is 2. The number of nitrogens with one attached hydrogen (secondary N) is 1. The van der Waals surface area contributed by atoms with E-state index in [1.54, 1.807) is 6.07 Å². The Morgan fingerprint density at radius 2 is 1.24 bits per heavy atom. The Hall–Kier alpha value is -3.63. The van der Waals surface area contributed by atoms with Crippen LogP contribution in [-0.2, 0) is 10.1 Å². The van der Waals surface area contributed by atoms with Gasteiger partial charge in [0, 0.05) is 28.4 Å². The van der Waals surface area contributed by atoms with E-state index in [4.69, 9.17) is 5.73 Å². The minimum atomic E-state index is -4.90. The minimum absolute atomic E-state index is 0.0122. The SMILES string of the molecule is CCCCCCCCCCCCCCCCCCNc1c(N)cc(C(=O)c2cc(O)c3ccccc3c2S(=O)(=O)O)cc1C(=O)O. The van der Waals surface area contributed by atoms with Crippen molar-refractivity contribution in [1.82, 2.24) is 0 Å². The molecule has 3 rings (SSSR count). The Kier molecular flexibility index (Phi) is 14.8. The number of carboxylic acid groups (broad SMARTS) is 1. The zero-order chi connectivity index (χ0) is 33.5. The highest BCUT2D eigenvalue weighted by Crippen LogP contribution is 2.36. The van der Waals surface area contributed by atoms with Crippen LogP contribution in [0, 0.1) is 0 Å². The van der Waals surface area contributed by atoms with E-state index in [0.29, 0.717) is 6.54 Å². The van der Waals surface area contributed by atoms with Gasteiger partial charge in [-0.3, -0.25) is 9.35 Å². The molecule has 0 atom stereocenters. The van der Waals surface area contributed by atoms with E-state index in [1.807, 2.05) is 0 Å². The second-order valence-electron chi connectivity index (χ2n) is 12.1. The molecule has 9 nitrogen and oxygen atoms in total. The third kappa shape index (κ3) is 10.7. The molecule has 252 valence electrons. The molecular formula is C36H50N2O7S. The van der Waals surface area contributed by atoms with Crippen molar-refractivity contribution in [3.63, 3.8) is 0 Å². The minimum Gasteiger partial charge on any atom is -0.507 e. The summed E-state index contributed by atoms with van der Waals surface area (Å²) < 4.78 is 34.7. The number of nitrogens with two attached hydrogens (primary N) is 1. The van der Waals surface area contributed by atoms with Crippen LogP contribution in [0.3, 0.4) is 0 Å². The fourth-order valence-corrected chi connectivity index (χ4v) is 6.87. The van der Waals surface area contributed by atoms with E-state index >= 15 is 0 Å². The van der Waals surface area contributed by atoms with Gasteiger partial charge in [-0.25, -0.2) is 4.79 Å². The Morgan fingerprint density at radius 1 is 0.739 bits per heavy atom. The van der Waals surface area contributed by atoms with Crippen molar-refractivity contribution in [1.29, 1.82) is 0 Å². The molecule has 6 N–H and O–H groups in total. The first-order valence-electron chi connectivity index (χ1n) is 16.7. The van der Waals surface area contributed by atoms with Gasteiger partial charge in [0.2, 0.25) is 0 Å². The molecule has 0 fully saturated rings. The van der Waals surface area contributed by atoms with E-state index in [9.17, 15) is 32.8 Å². The molecule has 0 saturated carbocycles. The predicted octanol–water partition coefficient (Wildman–Crippen LogP) is 8.98. The van der Waals surface area contributed by atoms with Crippen LogP contribution in [0.4, 0.5) is 11.4 Å². The van der Waals surface area contributed by atoms with Crippen molar-refractivity contribution in [2.45, 2.75) is 115 Å². The number of rotatable bonds is 22. The molecule has 0 bridgehead atoms. The molecule has 0 aliphatic heterocycles. The Labute approximate surface area is 273 Å². The summed E-state index contributed by atoms with van der Waals surface area (Å²) >= 11 is 0. The summed E-state index contributed by atoms with van der Waals surface area (Å²) in [6.45, 7) is 2.75. The van der Waals surface area contributed by atoms with E-state index in [0.717, 1.165) is 31.4 Å². The molecule has 46 heavy (non-hydrogen) atoms. The van der Waals surface area contributed by atoms with Crippen LogP contribution >= 0.6 is 0 Å². The highest BCUT2D eigenvalue weighted by molar-refractivity contribution is 7.86. The first kappa shape index (κ1) is 36.8. The maximum Gasteiger partial charge on any atom is 0.337 e. The lowest BCUT2D eigenvalue weighted by molar-refractivity contribution is 0.0698. The first-order valence-corrected chi connectivity index (χ1v) is 18.2. The average Bonchev–Trinajstić information content (AvgIpc) is 3.01. The normalized spacial score (nSPS) is 11.6. The molecule has 0 aliphatic carbocycles. The van der Waals surface area contributed by atoms with Gasteiger partial charge in [0.05, 0.1) is 16.9 Å². The lowest BCUT2D eigenvalue weighted by Crippen LogP contribution is -2.15. The van der Waals surface area contributed by atoms with Crippen LogP contribution in [0.15, 0.2) is 47.4 Å². The third-order valence-electron chi connectivity index (χ3n) is 8.47. The van der Waals surface area contributed by atoms with Gasteiger partial charge >= 0.3 is 5.97 Å². The fourth-order valence-electron chi connectivity index (χ4n) is 5.98. The smallest absolute Gasteiger partial charge is 0.337 e. The van der Waals surface area contributed by atoms with Crippen LogP contribution in [0.25, 0.3) is 10.8 Å². The van der Waals surface area contributed by atoms with E-state index < -0.39 is 32.3 Å². The number of phenols is 1. The lowest BCUT2D eigenvalue weighted by Gasteiger charge is -2.16. The number of carbonyl (C=O) groups is 2. The number of aromatic carboxylic acids is 1. The summed E-state index contributed by atoms with van der Waals surface area (Å²) in [6, 6.07) is 9.23. The Morgan fingerprint density at radius 3 is 1.74 bits per heavy atom. The van der Waals surface area contributed by atoms with Gasteiger partial charge in [0.1, 0.15) is 10.6 Å².